The fourth-order valence-corrected chi connectivity index (χ4v) is 3.18. The highest BCUT2D eigenvalue weighted by atomic mass is 15.0. The number of nitrogens with zero attached hydrogens (tertiary/aromatic N) is 1. The van der Waals surface area contributed by atoms with Gasteiger partial charge >= 0.3 is 0 Å². The van der Waals surface area contributed by atoms with Gasteiger partial charge in [-0.2, -0.15) is 0 Å². The summed E-state index contributed by atoms with van der Waals surface area (Å²) >= 11 is 0. The number of imidazole rings is 1. The van der Waals surface area contributed by atoms with Crippen LogP contribution in [-0.2, 0) is 0 Å². The van der Waals surface area contributed by atoms with Crippen molar-refractivity contribution in [3.63, 3.8) is 0 Å². The van der Waals surface area contributed by atoms with Crippen molar-refractivity contribution in [2.45, 2.75) is 44.6 Å². The molecular formula is C17H23N3. The number of hydrogen-bond acceptors (Lipinski definition) is 2. The minimum absolute atomic E-state index is 0.0376. The molecule has 1 aromatic heterocycles. The number of rotatable bonds is 4. The fourth-order valence-electron chi connectivity index (χ4n) is 3.18. The average Bonchev–Trinajstić information content (AvgIpc) is 2.99. The zero-order valence-corrected chi connectivity index (χ0v) is 11.9. The van der Waals surface area contributed by atoms with Gasteiger partial charge in [-0.3, -0.25) is 0 Å². The van der Waals surface area contributed by atoms with Crippen LogP contribution >= 0.6 is 0 Å². The Labute approximate surface area is 120 Å². The molecule has 1 heterocycles. The van der Waals surface area contributed by atoms with Gasteiger partial charge in [0.05, 0.1) is 11.7 Å². The molecule has 1 fully saturated rings. The highest BCUT2D eigenvalue weighted by Crippen LogP contribution is 2.30. The van der Waals surface area contributed by atoms with Crippen LogP contribution in [-0.4, -0.2) is 9.97 Å². The first-order chi connectivity index (χ1) is 9.83. The van der Waals surface area contributed by atoms with Crippen molar-refractivity contribution in [2.75, 3.05) is 0 Å². The smallest absolute Gasteiger partial charge is 0.123 e. The van der Waals surface area contributed by atoms with Crippen LogP contribution in [0.4, 0.5) is 0 Å². The van der Waals surface area contributed by atoms with Gasteiger partial charge in [-0.25, -0.2) is 4.98 Å². The monoisotopic (exact) mass is 269 g/mol. The van der Waals surface area contributed by atoms with Gasteiger partial charge in [0.25, 0.3) is 0 Å². The average molecular weight is 269 g/mol. The summed E-state index contributed by atoms with van der Waals surface area (Å²) in [5.74, 6) is 1.71. The Morgan fingerprint density at radius 1 is 1.15 bits per heavy atom. The summed E-state index contributed by atoms with van der Waals surface area (Å²) in [5, 5.41) is 0. The van der Waals surface area contributed by atoms with Crippen LogP contribution in [0.25, 0.3) is 11.3 Å². The van der Waals surface area contributed by atoms with Crippen LogP contribution in [0.1, 0.15) is 50.4 Å². The predicted octanol–water partition coefficient (Wildman–Crippen LogP) is 4.05. The minimum Gasteiger partial charge on any atom is -0.347 e. The Morgan fingerprint density at radius 3 is 2.65 bits per heavy atom. The van der Waals surface area contributed by atoms with Gasteiger partial charge < -0.3 is 10.7 Å². The van der Waals surface area contributed by atoms with Crippen molar-refractivity contribution >= 4 is 0 Å². The molecule has 1 aliphatic carbocycles. The lowest BCUT2D eigenvalue weighted by Gasteiger charge is -2.23. The van der Waals surface area contributed by atoms with E-state index < -0.39 is 0 Å². The molecule has 0 bridgehead atoms. The third-order valence-corrected chi connectivity index (χ3v) is 4.33. The van der Waals surface area contributed by atoms with Crippen molar-refractivity contribution < 1.29 is 0 Å². The quantitative estimate of drug-likeness (QED) is 0.879. The van der Waals surface area contributed by atoms with Gasteiger partial charge in [0.1, 0.15) is 5.82 Å². The maximum absolute atomic E-state index is 6.32. The predicted molar refractivity (Wildman–Crippen MR) is 82.1 cm³/mol. The SMILES string of the molecule is NC(CC1CCCCC1)c1nc(-c2ccccc2)c[nH]1. The first kappa shape index (κ1) is 13.4. The summed E-state index contributed by atoms with van der Waals surface area (Å²) < 4.78 is 0. The Balaban J connectivity index is 1.66. The Morgan fingerprint density at radius 2 is 1.90 bits per heavy atom. The zero-order valence-electron chi connectivity index (χ0n) is 11.9. The van der Waals surface area contributed by atoms with E-state index in [-0.39, 0.29) is 6.04 Å². The number of benzene rings is 1. The van der Waals surface area contributed by atoms with Gasteiger partial charge in [0.2, 0.25) is 0 Å². The van der Waals surface area contributed by atoms with Crippen LogP contribution in [0.3, 0.4) is 0 Å². The molecule has 2 aromatic rings. The molecule has 1 saturated carbocycles. The molecule has 0 saturated heterocycles. The highest BCUT2D eigenvalue weighted by molar-refractivity contribution is 5.58. The molecule has 106 valence electrons. The second-order valence-corrected chi connectivity index (χ2v) is 5.88. The van der Waals surface area contributed by atoms with E-state index in [0.29, 0.717) is 0 Å². The number of hydrogen-bond donors (Lipinski definition) is 2. The lowest BCUT2D eigenvalue weighted by molar-refractivity contribution is 0.316. The van der Waals surface area contributed by atoms with Crippen molar-refractivity contribution in [1.82, 2.24) is 9.97 Å². The van der Waals surface area contributed by atoms with E-state index in [1.807, 2.05) is 24.4 Å². The lowest BCUT2D eigenvalue weighted by atomic mass is 9.85. The Kier molecular flexibility index (Phi) is 4.16. The Bertz CT molecular complexity index is 526. The second kappa shape index (κ2) is 6.23. The second-order valence-electron chi connectivity index (χ2n) is 5.88. The number of aromatic amines is 1. The van der Waals surface area contributed by atoms with E-state index in [1.165, 1.54) is 32.1 Å². The summed E-state index contributed by atoms with van der Waals surface area (Å²) in [6, 6.07) is 10.3. The van der Waals surface area contributed by atoms with Crippen LogP contribution in [0.2, 0.25) is 0 Å². The fraction of sp³-hybridized carbons (Fsp3) is 0.471. The van der Waals surface area contributed by atoms with E-state index in [0.717, 1.165) is 29.4 Å². The first-order valence-electron chi connectivity index (χ1n) is 7.69. The molecule has 1 unspecified atom stereocenters. The van der Waals surface area contributed by atoms with Gasteiger partial charge in [0, 0.05) is 11.8 Å². The molecule has 1 aromatic carbocycles. The molecule has 3 nitrogen and oxygen atoms in total. The van der Waals surface area contributed by atoms with Gasteiger partial charge in [-0.05, 0) is 12.3 Å². The topological polar surface area (TPSA) is 54.7 Å². The summed E-state index contributed by atoms with van der Waals surface area (Å²) in [7, 11) is 0. The Hall–Kier alpha value is -1.61. The normalized spacial score (nSPS) is 18.1. The molecule has 0 spiro atoms. The van der Waals surface area contributed by atoms with Gasteiger partial charge in [0.15, 0.2) is 0 Å². The van der Waals surface area contributed by atoms with Crippen molar-refractivity contribution in [3.8, 4) is 11.3 Å². The molecule has 20 heavy (non-hydrogen) atoms. The largest absolute Gasteiger partial charge is 0.347 e. The van der Waals surface area contributed by atoms with Crippen molar-refractivity contribution in [1.29, 1.82) is 0 Å². The molecule has 3 N–H and O–H groups in total. The highest BCUT2D eigenvalue weighted by Gasteiger charge is 2.19. The van der Waals surface area contributed by atoms with Crippen LogP contribution in [0.15, 0.2) is 36.5 Å². The molecule has 3 heteroatoms. The molecule has 1 atom stereocenters. The minimum atomic E-state index is 0.0376. The first-order valence-corrected chi connectivity index (χ1v) is 7.69. The maximum atomic E-state index is 6.32. The lowest BCUT2D eigenvalue weighted by Crippen LogP contribution is -2.18. The summed E-state index contributed by atoms with van der Waals surface area (Å²) in [5.41, 5.74) is 8.45. The van der Waals surface area contributed by atoms with E-state index in [1.54, 1.807) is 0 Å². The standard InChI is InChI=1S/C17H23N3/c18-15(11-13-7-3-1-4-8-13)17-19-12-16(20-17)14-9-5-2-6-10-14/h2,5-6,9-10,12-13,15H,1,3-4,7-8,11,18H2,(H,19,20). The van der Waals surface area contributed by atoms with Crippen molar-refractivity contribution in [3.05, 3.63) is 42.4 Å². The van der Waals surface area contributed by atoms with E-state index in [4.69, 9.17) is 5.73 Å². The molecule has 0 aliphatic heterocycles. The summed E-state index contributed by atoms with van der Waals surface area (Å²) in [6.45, 7) is 0. The maximum Gasteiger partial charge on any atom is 0.123 e. The van der Waals surface area contributed by atoms with Gasteiger partial charge in [-0.1, -0.05) is 62.4 Å². The molecule has 0 radical (unpaired) electrons. The van der Waals surface area contributed by atoms with Crippen LogP contribution < -0.4 is 5.73 Å². The number of aromatic nitrogens is 2. The van der Waals surface area contributed by atoms with Crippen molar-refractivity contribution in [2.24, 2.45) is 11.7 Å². The third kappa shape index (κ3) is 3.10. The zero-order chi connectivity index (χ0) is 13.8. The van der Waals surface area contributed by atoms with E-state index in [9.17, 15) is 0 Å². The molecule has 0 amide bonds. The summed E-state index contributed by atoms with van der Waals surface area (Å²) in [4.78, 5) is 7.92. The number of nitrogens with one attached hydrogen (secondary N) is 1. The van der Waals surface area contributed by atoms with E-state index >= 15 is 0 Å². The van der Waals surface area contributed by atoms with Gasteiger partial charge in [-0.15, -0.1) is 0 Å². The number of H-pyrrole nitrogens is 1. The molecule has 3 rings (SSSR count). The summed E-state index contributed by atoms with van der Waals surface area (Å²) in [6.07, 6.45) is 9.81. The number of nitrogens with two attached hydrogens (primary N) is 1. The van der Waals surface area contributed by atoms with E-state index in [2.05, 4.69) is 22.1 Å². The molecule has 1 aliphatic rings. The third-order valence-electron chi connectivity index (χ3n) is 4.33. The van der Waals surface area contributed by atoms with Crippen LogP contribution in [0.5, 0.6) is 0 Å². The molecular weight excluding hydrogens is 246 g/mol. The van der Waals surface area contributed by atoms with Crippen LogP contribution in [0, 0.1) is 5.92 Å².